The first-order chi connectivity index (χ1) is 17.5. The molecule has 37 heavy (non-hydrogen) atoms. The molecule has 1 aliphatic heterocycles. The van der Waals surface area contributed by atoms with Crippen molar-refractivity contribution >= 4 is 17.3 Å². The molecule has 0 bridgehead atoms. The predicted octanol–water partition coefficient (Wildman–Crippen LogP) is 2.08. The van der Waals surface area contributed by atoms with E-state index < -0.39 is 0 Å². The maximum Gasteiger partial charge on any atom is 1.00 e. The summed E-state index contributed by atoms with van der Waals surface area (Å²) in [6.45, 7) is 11.4. The smallest absolute Gasteiger partial charge is 0.498 e. The summed E-state index contributed by atoms with van der Waals surface area (Å²) in [6.07, 6.45) is 12.6. The second-order valence-electron chi connectivity index (χ2n) is 7.99. The number of carbonyl (C=O) groups excluding carboxylic acids is 1. The molecule has 1 fully saturated rings. The number of nitrogens with zero attached hydrogens (tertiary/aromatic N) is 1. The van der Waals surface area contributed by atoms with Crippen molar-refractivity contribution in [2.45, 2.75) is 33.2 Å². The van der Waals surface area contributed by atoms with Crippen molar-refractivity contribution in [3.05, 3.63) is 96.1 Å². The molecular formula is C30H37N3NaO3-. The number of nitrogens with one attached hydrogen (secondary N) is 2. The number of methoxy groups -OCH3 is 1. The Hall–Kier alpha value is -2.64. The van der Waals surface area contributed by atoms with Gasteiger partial charge in [0.2, 0.25) is 0 Å². The normalized spacial score (nSPS) is 12.9. The van der Waals surface area contributed by atoms with Crippen LogP contribution in [0.3, 0.4) is 0 Å². The van der Waals surface area contributed by atoms with Gasteiger partial charge in [0.15, 0.2) is 5.91 Å². The van der Waals surface area contributed by atoms with E-state index in [1.165, 1.54) is 17.3 Å². The van der Waals surface area contributed by atoms with Gasteiger partial charge in [-0.15, -0.1) is 48.9 Å². The van der Waals surface area contributed by atoms with Gasteiger partial charge in [-0.2, -0.15) is 0 Å². The summed E-state index contributed by atoms with van der Waals surface area (Å²) in [5.74, 6) is 0.565. The molecule has 0 unspecified atom stereocenters. The van der Waals surface area contributed by atoms with E-state index in [0.717, 1.165) is 49.6 Å². The third-order valence-corrected chi connectivity index (χ3v) is 5.49. The Bertz CT molecular complexity index is 1040. The van der Waals surface area contributed by atoms with Crippen molar-refractivity contribution in [3.8, 4) is 5.75 Å². The van der Waals surface area contributed by atoms with Gasteiger partial charge in [-0.05, 0) is 35.4 Å². The van der Waals surface area contributed by atoms with Gasteiger partial charge >= 0.3 is 29.6 Å². The summed E-state index contributed by atoms with van der Waals surface area (Å²) in [7, 11) is 1.69. The number of allylic oxidation sites excluding steroid dienone is 3. The van der Waals surface area contributed by atoms with E-state index in [2.05, 4.69) is 54.1 Å². The minimum atomic E-state index is -0.377. The van der Waals surface area contributed by atoms with Crippen LogP contribution in [-0.2, 0) is 22.5 Å². The Morgan fingerprint density at radius 2 is 1.89 bits per heavy atom. The van der Waals surface area contributed by atoms with Crippen LogP contribution in [0.1, 0.15) is 37.0 Å². The number of ether oxygens (including phenoxy) is 2. The van der Waals surface area contributed by atoms with Crippen molar-refractivity contribution in [1.29, 1.82) is 5.41 Å². The number of aryl methyl sites for hydroxylation is 1. The van der Waals surface area contributed by atoms with Crippen molar-refractivity contribution < 1.29 is 43.8 Å². The van der Waals surface area contributed by atoms with E-state index in [-0.39, 0.29) is 41.2 Å². The molecule has 192 valence electrons. The molecule has 2 N–H and O–H groups in total. The Balaban J connectivity index is 0.000000396. The molecule has 1 aliphatic rings. The van der Waals surface area contributed by atoms with E-state index in [1.807, 2.05) is 31.2 Å². The molecule has 0 aromatic heterocycles. The monoisotopic (exact) mass is 510 g/mol. The standard InChI is InChI=1S/C17H22N3O2.C13H15O.Na/c1-2-3-4-16(18)17(21)19-13-14-5-7-15(8-6-14)20-9-11-22-12-10-20;1-4-6-7-11-8-9-13(14-3)12(5-2)10-11;/h4-8,18H,2,9-13H2,1H3,(H,19,21);4,6,8-10H,1,5H2,2-3H3;/q2*-1;+1. The van der Waals surface area contributed by atoms with Crippen LogP contribution in [0.15, 0.2) is 67.3 Å². The van der Waals surface area contributed by atoms with Gasteiger partial charge in [0.1, 0.15) is 5.75 Å². The van der Waals surface area contributed by atoms with Crippen LogP contribution in [0.5, 0.6) is 5.75 Å². The van der Waals surface area contributed by atoms with Gasteiger partial charge in [0.05, 0.1) is 20.3 Å². The van der Waals surface area contributed by atoms with Crippen LogP contribution in [0.2, 0.25) is 0 Å². The molecular weight excluding hydrogens is 473 g/mol. The summed E-state index contributed by atoms with van der Waals surface area (Å²) in [4.78, 5) is 14.0. The molecule has 1 saturated heterocycles. The van der Waals surface area contributed by atoms with Crippen LogP contribution in [-0.4, -0.2) is 45.0 Å². The average Bonchev–Trinajstić information content (AvgIpc) is 2.94. The minimum absolute atomic E-state index is 0. The molecule has 7 heteroatoms. The number of amides is 1. The fourth-order valence-electron chi connectivity index (χ4n) is 3.49. The molecule has 0 saturated carbocycles. The SMILES string of the molecule is C=CC=[C-]c1ccc(OC)c(CC)c1.CC[C-]=CC(=N)C(=O)NCc1ccc(N2CCOCC2)cc1.[Na+]. The first-order valence-electron chi connectivity index (χ1n) is 12.2. The molecule has 2 aromatic rings. The summed E-state index contributed by atoms with van der Waals surface area (Å²) in [5.41, 5.74) is 4.39. The first-order valence-corrected chi connectivity index (χ1v) is 12.2. The molecule has 0 radical (unpaired) electrons. The van der Waals surface area contributed by atoms with Crippen LogP contribution in [0.4, 0.5) is 5.69 Å². The zero-order valence-corrected chi connectivity index (χ0v) is 24.6. The fourth-order valence-corrected chi connectivity index (χ4v) is 3.49. The molecule has 0 spiro atoms. The molecule has 0 atom stereocenters. The van der Waals surface area contributed by atoms with Gasteiger partial charge in [-0.3, -0.25) is 10.9 Å². The van der Waals surface area contributed by atoms with Crippen LogP contribution in [0.25, 0.3) is 0 Å². The number of benzene rings is 2. The van der Waals surface area contributed by atoms with Gasteiger partial charge in [-0.1, -0.05) is 32.0 Å². The Morgan fingerprint density at radius 1 is 1.19 bits per heavy atom. The summed E-state index contributed by atoms with van der Waals surface area (Å²) < 4.78 is 10.6. The molecule has 6 nitrogen and oxygen atoms in total. The number of hydrogen-bond acceptors (Lipinski definition) is 5. The van der Waals surface area contributed by atoms with Crippen molar-refractivity contribution in [2.75, 3.05) is 38.3 Å². The fraction of sp³-hybridized carbons (Fsp3) is 0.333. The van der Waals surface area contributed by atoms with E-state index in [4.69, 9.17) is 14.9 Å². The predicted molar refractivity (Wildman–Crippen MR) is 147 cm³/mol. The molecule has 1 heterocycles. The third-order valence-electron chi connectivity index (χ3n) is 5.49. The Labute approximate surface area is 244 Å². The second kappa shape index (κ2) is 18.6. The number of morpholine rings is 1. The molecule has 1 amide bonds. The summed E-state index contributed by atoms with van der Waals surface area (Å²) in [6, 6.07) is 14.2. The topological polar surface area (TPSA) is 74.7 Å². The quantitative estimate of drug-likeness (QED) is 0.222. The van der Waals surface area contributed by atoms with Gasteiger partial charge < -0.3 is 25.1 Å². The molecule has 2 aromatic carbocycles. The van der Waals surface area contributed by atoms with Gasteiger partial charge in [-0.25, -0.2) is 6.08 Å². The van der Waals surface area contributed by atoms with Gasteiger partial charge in [0, 0.05) is 25.3 Å². The zero-order chi connectivity index (χ0) is 26.2. The number of carbonyl (C=O) groups is 1. The number of hydrogen-bond donors (Lipinski definition) is 2. The summed E-state index contributed by atoms with van der Waals surface area (Å²) in [5, 5.41) is 10.3. The van der Waals surface area contributed by atoms with E-state index in [0.29, 0.717) is 13.0 Å². The zero-order valence-electron chi connectivity index (χ0n) is 22.6. The minimum Gasteiger partial charge on any atom is -0.498 e. The first kappa shape index (κ1) is 32.4. The maximum atomic E-state index is 11.7. The second-order valence-corrected chi connectivity index (χ2v) is 7.99. The Morgan fingerprint density at radius 3 is 2.49 bits per heavy atom. The largest absolute Gasteiger partial charge is 1.00 e. The van der Waals surface area contributed by atoms with E-state index >= 15 is 0 Å². The Kier molecular flexibility index (Phi) is 16.3. The number of anilines is 1. The van der Waals surface area contributed by atoms with Crippen molar-refractivity contribution in [1.82, 2.24) is 5.32 Å². The third kappa shape index (κ3) is 11.5. The van der Waals surface area contributed by atoms with Crippen molar-refractivity contribution in [3.63, 3.8) is 0 Å². The average molecular weight is 511 g/mol. The van der Waals surface area contributed by atoms with Crippen molar-refractivity contribution in [2.24, 2.45) is 0 Å². The van der Waals surface area contributed by atoms with Crippen LogP contribution in [0, 0.1) is 17.6 Å². The molecule has 3 rings (SSSR count). The van der Waals surface area contributed by atoms with Gasteiger partial charge in [0.25, 0.3) is 0 Å². The summed E-state index contributed by atoms with van der Waals surface area (Å²) >= 11 is 0. The van der Waals surface area contributed by atoms with E-state index in [9.17, 15) is 4.79 Å². The molecule has 0 aliphatic carbocycles. The van der Waals surface area contributed by atoms with Crippen LogP contribution < -0.4 is 44.5 Å². The number of rotatable bonds is 10. The van der Waals surface area contributed by atoms with E-state index in [1.54, 1.807) is 19.3 Å². The van der Waals surface area contributed by atoms with Crippen LogP contribution >= 0.6 is 0 Å². The maximum absolute atomic E-state index is 11.7.